The fourth-order valence-electron chi connectivity index (χ4n) is 0.825. The second-order valence-electron chi connectivity index (χ2n) is 2.31. The van der Waals surface area contributed by atoms with Gasteiger partial charge in [0.1, 0.15) is 0 Å². The fraction of sp³-hybridized carbons (Fsp3) is 0.125. The summed E-state index contributed by atoms with van der Waals surface area (Å²) in [6.07, 6.45) is 8.13. The predicted octanol–water partition coefficient (Wildman–Crippen LogP) is 0.241. The van der Waals surface area contributed by atoms with Crippen molar-refractivity contribution in [2.75, 3.05) is 0 Å². The zero-order valence-corrected chi connectivity index (χ0v) is 6.37. The normalized spacial score (nSPS) is 9.08. The number of terminal acetylenes is 1. The molecular formula is C8H7BF2N+. The van der Waals surface area contributed by atoms with E-state index >= 15 is 0 Å². The highest BCUT2D eigenvalue weighted by Crippen LogP contribution is 1.86. The van der Waals surface area contributed by atoms with Gasteiger partial charge >= 0.3 is 7.27 Å². The Balaban J connectivity index is 2.80. The Labute approximate surface area is 70.2 Å². The number of hydrogen-bond acceptors (Lipinski definition) is 0. The van der Waals surface area contributed by atoms with Crippen LogP contribution in [0.4, 0.5) is 8.63 Å². The first kappa shape index (κ1) is 8.73. The van der Waals surface area contributed by atoms with E-state index in [2.05, 4.69) is 5.92 Å². The number of pyridine rings is 1. The molecule has 1 rings (SSSR count). The highest BCUT2D eigenvalue weighted by Gasteiger charge is 2.16. The third kappa shape index (κ3) is 2.06. The van der Waals surface area contributed by atoms with E-state index in [1.54, 1.807) is 17.0 Å². The Bertz CT molecular complexity index is 289. The molecule has 0 radical (unpaired) electrons. The van der Waals surface area contributed by atoms with Gasteiger partial charge in [0.2, 0.25) is 6.54 Å². The highest BCUT2D eigenvalue weighted by atomic mass is 19.2. The Hall–Kier alpha value is -1.37. The van der Waals surface area contributed by atoms with Crippen molar-refractivity contribution in [3.8, 4) is 12.3 Å². The van der Waals surface area contributed by atoms with Crippen molar-refractivity contribution in [1.82, 2.24) is 0 Å². The van der Waals surface area contributed by atoms with Gasteiger partial charge in [-0.1, -0.05) is 0 Å². The molecular weight excluding hydrogens is 159 g/mol. The van der Waals surface area contributed by atoms with E-state index in [9.17, 15) is 8.63 Å². The van der Waals surface area contributed by atoms with E-state index in [0.717, 1.165) is 0 Å². The molecule has 0 unspecified atom stereocenters. The third-order valence-corrected chi connectivity index (χ3v) is 1.44. The number of aromatic nitrogens is 1. The van der Waals surface area contributed by atoms with E-state index in [1.165, 1.54) is 12.1 Å². The zero-order chi connectivity index (χ0) is 8.97. The maximum atomic E-state index is 12.0. The molecule has 0 fully saturated rings. The molecule has 0 aliphatic heterocycles. The molecule has 0 saturated heterocycles. The summed E-state index contributed by atoms with van der Waals surface area (Å²) in [6.45, 7) is 0.406. The van der Waals surface area contributed by atoms with Crippen molar-refractivity contribution >= 4 is 12.7 Å². The Morgan fingerprint density at radius 1 is 1.42 bits per heavy atom. The molecule has 1 aromatic rings. The number of nitrogens with zero attached hydrogens (tertiary/aromatic N) is 1. The summed E-state index contributed by atoms with van der Waals surface area (Å²) in [7, 11) is -2.41. The van der Waals surface area contributed by atoms with E-state index in [4.69, 9.17) is 6.42 Å². The van der Waals surface area contributed by atoms with E-state index in [1.807, 2.05) is 0 Å². The zero-order valence-electron chi connectivity index (χ0n) is 6.37. The van der Waals surface area contributed by atoms with Gasteiger partial charge in [-0.05, 0) is 5.92 Å². The summed E-state index contributed by atoms with van der Waals surface area (Å²) in [5, 5.41) is 0. The lowest BCUT2D eigenvalue weighted by molar-refractivity contribution is -0.684. The molecule has 0 amide bonds. The molecule has 0 N–H and O–H groups in total. The van der Waals surface area contributed by atoms with Crippen LogP contribution in [0.15, 0.2) is 24.5 Å². The van der Waals surface area contributed by atoms with Crippen LogP contribution in [0.2, 0.25) is 0 Å². The van der Waals surface area contributed by atoms with Crippen LogP contribution in [0, 0.1) is 12.3 Å². The third-order valence-electron chi connectivity index (χ3n) is 1.44. The summed E-state index contributed by atoms with van der Waals surface area (Å²) < 4.78 is 25.7. The second-order valence-corrected chi connectivity index (χ2v) is 2.31. The molecule has 0 aliphatic rings. The van der Waals surface area contributed by atoms with Crippen LogP contribution < -0.4 is 10.0 Å². The first-order chi connectivity index (χ1) is 5.74. The van der Waals surface area contributed by atoms with Crippen molar-refractivity contribution < 1.29 is 13.2 Å². The van der Waals surface area contributed by atoms with Crippen molar-refractivity contribution in [1.29, 1.82) is 0 Å². The largest absolute Gasteiger partial charge is 0.572 e. The summed E-state index contributed by atoms with van der Waals surface area (Å²) in [4.78, 5) is 0. The first-order valence-electron chi connectivity index (χ1n) is 3.44. The van der Waals surface area contributed by atoms with E-state index in [0.29, 0.717) is 6.54 Å². The van der Waals surface area contributed by atoms with E-state index < -0.39 is 7.27 Å². The van der Waals surface area contributed by atoms with Gasteiger partial charge in [-0.3, -0.25) is 8.63 Å². The molecule has 60 valence electrons. The lowest BCUT2D eigenvalue weighted by Crippen LogP contribution is -2.35. The number of rotatable bonds is 2. The van der Waals surface area contributed by atoms with Crippen LogP contribution in [0.5, 0.6) is 0 Å². The van der Waals surface area contributed by atoms with Crippen molar-refractivity contribution in [3.63, 3.8) is 0 Å². The quantitative estimate of drug-likeness (QED) is 0.336. The topological polar surface area (TPSA) is 3.88 Å². The van der Waals surface area contributed by atoms with Gasteiger partial charge < -0.3 is 0 Å². The first-order valence-corrected chi connectivity index (χ1v) is 3.44. The molecule has 4 heteroatoms. The number of halogens is 2. The summed E-state index contributed by atoms with van der Waals surface area (Å²) in [5.41, 5.74) is 0.0169. The maximum absolute atomic E-state index is 12.0. The highest BCUT2D eigenvalue weighted by molar-refractivity contribution is 6.59. The lowest BCUT2D eigenvalue weighted by Gasteiger charge is -1.92. The minimum Gasteiger partial charge on any atom is -0.281 e. The Morgan fingerprint density at radius 3 is 2.42 bits per heavy atom. The van der Waals surface area contributed by atoms with Crippen LogP contribution in [0.3, 0.4) is 0 Å². The van der Waals surface area contributed by atoms with Gasteiger partial charge in [-0.25, -0.2) is 0 Å². The molecule has 12 heavy (non-hydrogen) atoms. The Kier molecular flexibility index (Phi) is 2.81. The maximum Gasteiger partial charge on any atom is 0.572 e. The number of hydrogen-bond donors (Lipinski definition) is 0. The van der Waals surface area contributed by atoms with Gasteiger partial charge in [-0.2, -0.15) is 4.57 Å². The van der Waals surface area contributed by atoms with Crippen molar-refractivity contribution in [2.24, 2.45) is 0 Å². The van der Waals surface area contributed by atoms with Gasteiger partial charge in [0.25, 0.3) is 0 Å². The van der Waals surface area contributed by atoms with Gasteiger partial charge in [0, 0.05) is 17.6 Å². The minimum atomic E-state index is -2.41. The smallest absolute Gasteiger partial charge is 0.281 e. The van der Waals surface area contributed by atoms with Crippen molar-refractivity contribution in [3.05, 3.63) is 24.5 Å². The average Bonchev–Trinajstić information content (AvgIpc) is 2.06. The minimum absolute atomic E-state index is 0.0169. The second kappa shape index (κ2) is 3.86. The average molecular weight is 166 g/mol. The van der Waals surface area contributed by atoms with Crippen LogP contribution in [0.25, 0.3) is 0 Å². The monoisotopic (exact) mass is 166 g/mol. The molecule has 1 aromatic heterocycles. The molecule has 0 aromatic carbocycles. The molecule has 0 spiro atoms. The lowest BCUT2D eigenvalue weighted by atomic mass is 9.87. The van der Waals surface area contributed by atoms with Crippen LogP contribution in [0.1, 0.15) is 0 Å². The molecule has 0 aliphatic carbocycles. The molecule has 0 bridgehead atoms. The van der Waals surface area contributed by atoms with E-state index in [-0.39, 0.29) is 5.46 Å². The van der Waals surface area contributed by atoms with Gasteiger partial charge in [-0.15, -0.1) is 6.42 Å². The Morgan fingerprint density at radius 2 is 2.00 bits per heavy atom. The predicted molar refractivity (Wildman–Crippen MR) is 43.1 cm³/mol. The summed E-state index contributed by atoms with van der Waals surface area (Å²) >= 11 is 0. The summed E-state index contributed by atoms with van der Waals surface area (Å²) in [5.74, 6) is 2.41. The van der Waals surface area contributed by atoms with Crippen LogP contribution in [-0.4, -0.2) is 7.27 Å². The molecule has 1 nitrogen and oxygen atoms in total. The molecule has 0 atom stereocenters. The standard InChI is InChI=1S/C8H7BF2N/c1-2-5-12-6-3-8(4-7-12)9(10)11/h1,3-4,6-7H,5H2/q+1. The molecule has 1 heterocycles. The van der Waals surface area contributed by atoms with Crippen LogP contribution in [-0.2, 0) is 6.54 Å². The SMILES string of the molecule is C#CC[n+]1ccc(B(F)F)cc1. The molecule has 0 saturated carbocycles. The van der Waals surface area contributed by atoms with Gasteiger partial charge in [0.05, 0.1) is 0 Å². The van der Waals surface area contributed by atoms with Gasteiger partial charge in [0.15, 0.2) is 12.4 Å². The fourth-order valence-corrected chi connectivity index (χ4v) is 0.825. The van der Waals surface area contributed by atoms with Crippen molar-refractivity contribution in [2.45, 2.75) is 6.54 Å². The van der Waals surface area contributed by atoms with Crippen LogP contribution >= 0.6 is 0 Å². The summed E-state index contributed by atoms with van der Waals surface area (Å²) in [6, 6.07) is 2.73.